The van der Waals surface area contributed by atoms with Crippen LogP contribution in [0.3, 0.4) is 0 Å². The van der Waals surface area contributed by atoms with E-state index < -0.39 is 23.6 Å². The lowest BCUT2D eigenvalue weighted by Crippen LogP contribution is -2.36. The number of amides is 3. The van der Waals surface area contributed by atoms with E-state index in [9.17, 15) is 19.5 Å². The molecule has 162 valence electrons. The van der Waals surface area contributed by atoms with Crippen molar-refractivity contribution < 1.29 is 29.0 Å². The molecule has 1 heterocycles. The van der Waals surface area contributed by atoms with E-state index in [2.05, 4.69) is 5.32 Å². The van der Waals surface area contributed by atoms with Crippen molar-refractivity contribution in [2.24, 2.45) is 0 Å². The second-order valence-electron chi connectivity index (χ2n) is 6.55. The Balaban J connectivity index is 1.76. The molecule has 1 saturated heterocycles. The zero-order valence-electron chi connectivity index (χ0n) is 16.9. The zero-order chi connectivity index (χ0) is 22.7. The third-order valence-electron chi connectivity index (χ3n) is 4.43. The van der Waals surface area contributed by atoms with Crippen LogP contribution in [0.5, 0.6) is 17.2 Å². The Morgan fingerprint density at radius 2 is 1.84 bits per heavy atom. The largest absolute Gasteiger partial charge is 0.502 e. The number of benzene rings is 2. The Bertz CT molecular complexity index is 1080. The number of carbonyl (C=O) groups excluding carboxylic acids is 3. The first-order valence-corrected chi connectivity index (χ1v) is 10.2. The molecule has 2 aromatic carbocycles. The fraction of sp³-hybridized carbons (Fsp3) is 0.190. The highest BCUT2D eigenvalue weighted by Gasteiger charge is 2.36. The van der Waals surface area contributed by atoms with E-state index in [0.717, 1.165) is 10.5 Å². The Hall–Kier alpha value is -3.17. The number of rotatable bonds is 6. The van der Waals surface area contributed by atoms with Crippen LogP contribution in [0.2, 0.25) is 5.02 Å². The van der Waals surface area contributed by atoms with Crippen molar-refractivity contribution in [1.82, 2.24) is 4.90 Å². The number of halogens is 1. The fourth-order valence-corrected chi connectivity index (χ4v) is 3.82. The highest BCUT2D eigenvalue weighted by molar-refractivity contribution is 8.18. The van der Waals surface area contributed by atoms with Crippen molar-refractivity contribution in [2.75, 3.05) is 26.1 Å². The molecule has 0 unspecified atom stereocenters. The van der Waals surface area contributed by atoms with Crippen molar-refractivity contribution in [2.45, 2.75) is 6.92 Å². The van der Waals surface area contributed by atoms with Gasteiger partial charge in [0.15, 0.2) is 11.5 Å². The maximum atomic E-state index is 12.7. The van der Waals surface area contributed by atoms with Gasteiger partial charge in [-0.3, -0.25) is 19.3 Å². The van der Waals surface area contributed by atoms with Crippen LogP contribution in [0, 0.1) is 6.92 Å². The van der Waals surface area contributed by atoms with E-state index in [1.54, 1.807) is 18.2 Å². The molecule has 1 aliphatic rings. The molecule has 0 spiro atoms. The van der Waals surface area contributed by atoms with Gasteiger partial charge in [0, 0.05) is 10.7 Å². The van der Waals surface area contributed by atoms with Gasteiger partial charge in [-0.05, 0) is 60.2 Å². The van der Waals surface area contributed by atoms with Crippen molar-refractivity contribution in [3.8, 4) is 17.2 Å². The molecule has 3 amide bonds. The minimum atomic E-state index is -0.599. The zero-order valence-corrected chi connectivity index (χ0v) is 18.5. The topological polar surface area (TPSA) is 105 Å². The van der Waals surface area contributed by atoms with Crippen molar-refractivity contribution >= 4 is 52.2 Å². The molecule has 1 aliphatic heterocycles. The van der Waals surface area contributed by atoms with E-state index in [1.165, 1.54) is 32.4 Å². The molecule has 0 radical (unpaired) electrons. The molecule has 31 heavy (non-hydrogen) atoms. The van der Waals surface area contributed by atoms with Gasteiger partial charge >= 0.3 is 0 Å². The van der Waals surface area contributed by atoms with E-state index in [-0.39, 0.29) is 22.2 Å². The number of phenolic OH excluding ortho intramolecular Hbond substituents is 1. The summed E-state index contributed by atoms with van der Waals surface area (Å²) in [4.78, 5) is 38.3. The number of phenols is 1. The lowest BCUT2D eigenvalue weighted by atomic mass is 10.1. The maximum Gasteiger partial charge on any atom is 0.294 e. The average Bonchev–Trinajstić information content (AvgIpc) is 2.99. The summed E-state index contributed by atoms with van der Waals surface area (Å²) < 4.78 is 10.2. The summed E-state index contributed by atoms with van der Waals surface area (Å²) in [5, 5.41) is 12.6. The van der Waals surface area contributed by atoms with Crippen LogP contribution in [0.4, 0.5) is 10.5 Å². The Morgan fingerprint density at radius 1 is 1.19 bits per heavy atom. The van der Waals surface area contributed by atoms with Gasteiger partial charge in [0.1, 0.15) is 6.54 Å². The summed E-state index contributed by atoms with van der Waals surface area (Å²) in [7, 11) is 2.76. The van der Waals surface area contributed by atoms with Gasteiger partial charge in [-0.2, -0.15) is 0 Å². The number of methoxy groups -OCH3 is 2. The number of ether oxygens (including phenoxy) is 2. The molecular formula is C21H19ClN2O6S. The number of nitrogens with zero attached hydrogens (tertiary/aromatic N) is 1. The second-order valence-corrected chi connectivity index (χ2v) is 7.95. The third-order valence-corrected chi connectivity index (χ3v) is 5.75. The number of anilines is 1. The molecule has 0 aliphatic carbocycles. The predicted octanol–water partition coefficient (Wildman–Crippen LogP) is 4.05. The van der Waals surface area contributed by atoms with Crippen molar-refractivity contribution in [3.63, 3.8) is 0 Å². The monoisotopic (exact) mass is 462 g/mol. The van der Waals surface area contributed by atoms with Crippen molar-refractivity contribution in [3.05, 3.63) is 51.4 Å². The molecule has 0 atom stereocenters. The fourth-order valence-electron chi connectivity index (χ4n) is 2.80. The smallest absolute Gasteiger partial charge is 0.294 e. The molecule has 3 rings (SSSR count). The second kappa shape index (κ2) is 9.32. The normalized spacial score (nSPS) is 14.8. The summed E-state index contributed by atoms with van der Waals surface area (Å²) in [6, 6.07) is 8.02. The van der Waals surface area contributed by atoms with Gasteiger partial charge < -0.3 is 19.9 Å². The number of hydrogen-bond acceptors (Lipinski definition) is 7. The quantitative estimate of drug-likeness (QED) is 0.624. The lowest BCUT2D eigenvalue weighted by molar-refractivity contribution is -0.127. The number of hydrogen-bond donors (Lipinski definition) is 2. The van der Waals surface area contributed by atoms with Crippen LogP contribution >= 0.6 is 23.4 Å². The lowest BCUT2D eigenvalue weighted by Gasteiger charge is -2.13. The first-order valence-electron chi connectivity index (χ1n) is 9.00. The molecule has 1 fully saturated rings. The third kappa shape index (κ3) is 4.95. The Morgan fingerprint density at radius 3 is 2.42 bits per heavy atom. The highest BCUT2D eigenvalue weighted by Crippen LogP contribution is 2.39. The summed E-state index contributed by atoms with van der Waals surface area (Å²) in [5.74, 6) is -1.00. The Kier molecular flexibility index (Phi) is 6.77. The van der Waals surface area contributed by atoms with Crippen molar-refractivity contribution in [1.29, 1.82) is 0 Å². The molecule has 0 saturated carbocycles. The predicted molar refractivity (Wildman–Crippen MR) is 119 cm³/mol. The van der Waals surface area contributed by atoms with Gasteiger partial charge in [0.2, 0.25) is 11.7 Å². The average molecular weight is 463 g/mol. The molecule has 2 aromatic rings. The minimum absolute atomic E-state index is 0.131. The number of carbonyl (C=O) groups is 3. The van der Waals surface area contributed by atoms with Crippen LogP contribution in [0.15, 0.2) is 35.2 Å². The molecule has 0 aromatic heterocycles. The molecule has 0 bridgehead atoms. The maximum absolute atomic E-state index is 12.7. The molecule has 10 heteroatoms. The number of aromatic hydroxyl groups is 1. The van der Waals surface area contributed by atoms with E-state index in [1.807, 2.05) is 6.92 Å². The summed E-state index contributed by atoms with van der Waals surface area (Å²) in [6.45, 7) is 1.40. The molecule has 2 N–H and O–H groups in total. The summed E-state index contributed by atoms with van der Waals surface area (Å²) >= 11 is 6.76. The van der Waals surface area contributed by atoms with Gasteiger partial charge in [-0.1, -0.05) is 17.7 Å². The molecular weight excluding hydrogens is 444 g/mol. The van der Waals surface area contributed by atoms with Gasteiger partial charge in [-0.25, -0.2) is 0 Å². The van der Waals surface area contributed by atoms with E-state index >= 15 is 0 Å². The number of nitrogens with one attached hydrogen (secondary N) is 1. The molecule has 8 nitrogen and oxygen atoms in total. The number of imide groups is 1. The van der Waals surface area contributed by atoms with Gasteiger partial charge in [0.05, 0.1) is 19.1 Å². The van der Waals surface area contributed by atoms with Gasteiger partial charge in [0.25, 0.3) is 11.1 Å². The first-order chi connectivity index (χ1) is 14.7. The Labute approximate surface area is 187 Å². The van der Waals surface area contributed by atoms with Crippen LogP contribution < -0.4 is 14.8 Å². The van der Waals surface area contributed by atoms with Crippen LogP contribution in [-0.2, 0) is 9.59 Å². The van der Waals surface area contributed by atoms with E-state index in [4.69, 9.17) is 21.1 Å². The summed E-state index contributed by atoms with van der Waals surface area (Å²) in [5.41, 5.74) is 1.81. The van der Waals surface area contributed by atoms with E-state index in [0.29, 0.717) is 28.0 Å². The first kappa shape index (κ1) is 22.5. The summed E-state index contributed by atoms with van der Waals surface area (Å²) in [6.07, 6.45) is 1.47. The van der Waals surface area contributed by atoms with Crippen LogP contribution in [0.1, 0.15) is 11.1 Å². The number of aryl methyl sites for hydroxylation is 1. The standard InChI is InChI=1S/C21H19ClN2O6S/c1-11-4-5-13(9-14(11)22)23-18(25)10-24-20(27)17(31-21(24)28)8-12-6-15(29-2)19(26)16(7-12)30-3/h4-9,26H,10H2,1-3H3,(H,23,25)/b17-8+. The van der Waals surface area contributed by atoms with Crippen LogP contribution in [-0.4, -0.2) is 47.8 Å². The SMILES string of the molecule is COc1cc(/C=C2/SC(=O)N(CC(=O)Nc3ccc(C)c(Cl)c3)C2=O)cc(OC)c1O. The highest BCUT2D eigenvalue weighted by atomic mass is 35.5. The van der Waals surface area contributed by atoms with Crippen LogP contribution in [0.25, 0.3) is 6.08 Å². The number of thioether (sulfide) groups is 1. The van der Waals surface area contributed by atoms with Gasteiger partial charge in [-0.15, -0.1) is 0 Å². The minimum Gasteiger partial charge on any atom is -0.502 e.